The Morgan fingerprint density at radius 3 is 2.54 bits per heavy atom. The average molecular weight is 503 g/mol. The Hall–Kier alpha value is -2.82. The van der Waals surface area contributed by atoms with Crippen LogP contribution in [0, 0.1) is 0 Å². The molecule has 190 valence electrons. The molecule has 10 heteroatoms. The number of hydrogen-bond donors (Lipinski definition) is 2. The van der Waals surface area contributed by atoms with Crippen LogP contribution >= 0.6 is 0 Å². The van der Waals surface area contributed by atoms with Crippen molar-refractivity contribution in [1.29, 1.82) is 0 Å². The maximum absolute atomic E-state index is 13.2. The first-order chi connectivity index (χ1) is 16.9. The number of morpholine rings is 1. The second kappa shape index (κ2) is 11.3. The fourth-order valence-corrected chi connectivity index (χ4v) is 5.72. The number of likely N-dealkylation sites (tertiary alicyclic amines) is 1. The molecule has 2 saturated heterocycles. The van der Waals surface area contributed by atoms with E-state index in [4.69, 9.17) is 9.47 Å². The highest BCUT2D eigenvalue weighted by Gasteiger charge is 2.25. The minimum atomic E-state index is -3.88. The van der Waals surface area contributed by atoms with Crippen LogP contribution in [0.3, 0.4) is 0 Å². The van der Waals surface area contributed by atoms with Crippen molar-refractivity contribution in [3.8, 4) is 5.75 Å². The molecule has 2 fully saturated rings. The predicted octanol–water partition coefficient (Wildman–Crippen LogP) is 2.55. The Labute approximate surface area is 207 Å². The van der Waals surface area contributed by atoms with Gasteiger partial charge in [-0.3, -0.25) is 14.4 Å². The van der Waals surface area contributed by atoms with Gasteiger partial charge in [0, 0.05) is 31.2 Å². The van der Waals surface area contributed by atoms with E-state index in [1.807, 2.05) is 0 Å². The lowest BCUT2D eigenvalue weighted by atomic mass is 10.1. The molecular formula is C25H34N4O5S. The first-order valence-corrected chi connectivity index (χ1v) is 13.6. The van der Waals surface area contributed by atoms with Crippen LogP contribution in [0.5, 0.6) is 5.75 Å². The van der Waals surface area contributed by atoms with E-state index in [9.17, 15) is 13.2 Å². The number of hydrogen-bond acceptors (Lipinski definition) is 7. The highest BCUT2D eigenvalue weighted by molar-refractivity contribution is 7.92. The van der Waals surface area contributed by atoms with E-state index >= 15 is 0 Å². The Morgan fingerprint density at radius 2 is 1.86 bits per heavy atom. The molecule has 0 saturated carbocycles. The fourth-order valence-electron chi connectivity index (χ4n) is 4.65. The first-order valence-electron chi connectivity index (χ1n) is 12.1. The molecule has 0 spiro atoms. The summed E-state index contributed by atoms with van der Waals surface area (Å²) in [7, 11) is -2.35. The number of nitrogens with zero attached hydrogens (tertiary/aromatic N) is 2. The standard InChI is InChI=1S/C25H34N4O5S/c1-3-28-12-4-5-20(28)18-26-25(30)19-6-11-24(29-13-15-34-16-14-29)23(17-19)27-35(31,32)22-9-7-21(33-2)8-10-22/h6-11,17,20,27H,3-5,12-16,18H2,1-2H3,(H,26,30)/t20-/m1/s1. The van der Waals surface area contributed by atoms with Crippen molar-refractivity contribution in [2.24, 2.45) is 0 Å². The van der Waals surface area contributed by atoms with Gasteiger partial charge in [-0.15, -0.1) is 0 Å². The molecule has 2 aromatic carbocycles. The Balaban J connectivity index is 1.57. The average Bonchev–Trinajstić information content (AvgIpc) is 3.35. The summed E-state index contributed by atoms with van der Waals surface area (Å²) in [4.78, 5) is 17.5. The quantitative estimate of drug-likeness (QED) is 0.544. The summed E-state index contributed by atoms with van der Waals surface area (Å²) in [6.07, 6.45) is 2.21. The van der Waals surface area contributed by atoms with E-state index in [2.05, 4.69) is 26.8 Å². The smallest absolute Gasteiger partial charge is 0.261 e. The van der Waals surface area contributed by atoms with Gasteiger partial charge in [0.05, 0.1) is 36.6 Å². The molecule has 2 heterocycles. The largest absolute Gasteiger partial charge is 0.497 e. The third-order valence-corrected chi connectivity index (χ3v) is 8.01. The first kappa shape index (κ1) is 25.3. The molecule has 9 nitrogen and oxygen atoms in total. The second-order valence-corrected chi connectivity index (χ2v) is 10.4. The summed E-state index contributed by atoms with van der Waals surface area (Å²) in [5, 5.41) is 3.03. The molecule has 2 aliphatic heterocycles. The minimum Gasteiger partial charge on any atom is -0.497 e. The van der Waals surface area contributed by atoms with Crippen LogP contribution in [0.2, 0.25) is 0 Å². The molecular weight excluding hydrogens is 468 g/mol. The van der Waals surface area contributed by atoms with E-state index in [0.29, 0.717) is 55.9 Å². The highest BCUT2D eigenvalue weighted by Crippen LogP contribution is 2.31. The fraction of sp³-hybridized carbons (Fsp3) is 0.480. The number of rotatable bonds is 9. The van der Waals surface area contributed by atoms with E-state index in [-0.39, 0.29) is 10.8 Å². The molecule has 2 aromatic rings. The van der Waals surface area contributed by atoms with Crippen LogP contribution < -0.4 is 19.7 Å². The highest BCUT2D eigenvalue weighted by atomic mass is 32.2. The Kier molecular flexibility index (Phi) is 8.15. The van der Waals surface area contributed by atoms with Crippen molar-refractivity contribution in [1.82, 2.24) is 10.2 Å². The van der Waals surface area contributed by atoms with Gasteiger partial charge in [-0.2, -0.15) is 0 Å². The number of benzene rings is 2. The van der Waals surface area contributed by atoms with Crippen LogP contribution in [0.15, 0.2) is 47.4 Å². The maximum Gasteiger partial charge on any atom is 0.261 e. The molecule has 2 N–H and O–H groups in total. The van der Waals surface area contributed by atoms with Gasteiger partial charge in [-0.25, -0.2) is 8.42 Å². The summed E-state index contributed by atoms with van der Waals surface area (Å²) >= 11 is 0. The van der Waals surface area contributed by atoms with Gasteiger partial charge in [0.2, 0.25) is 0 Å². The molecule has 35 heavy (non-hydrogen) atoms. The monoisotopic (exact) mass is 502 g/mol. The molecule has 0 aliphatic carbocycles. The molecule has 1 atom stereocenters. The van der Waals surface area contributed by atoms with E-state index in [0.717, 1.165) is 31.6 Å². The molecule has 4 rings (SSSR count). The molecule has 0 bridgehead atoms. The van der Waals surface area contributed by atoms with Crippen molar-refractivity contribution in [2.75, 3.05) is 62.7 Å². The number of likely N-dealkylation sites (N-methyl/N-ethyl adjacent to an activating group) is 1. The van der Waals surface area contributed by atoms with Crippen LogP contribution in [-0.4, -0.2) is 78.3 Å². The summed E-state index contributed by atoms with van der Waals surface area (Å²) in [6, 6.07) is 11.7. The SMILES string of the molecule is CCN1CCC[C@@H]1CNC(=O)c1ccc(N2CCOCC2)c(NS(=O)(=O)c2ccc(OC)cc2)c1. The van der Waals surface area contributed by atoms with Crippen molar-refractivity contribution in [3.05, 3.63) is 48.0 Å². The number of carbonyl (C=O) groups is 1. The van der Waals surface area contributed by atoms with Gasteiger partial charge in [-0.1, -0.05) is 6.92 Å². The zero-order chi connectivity index (χ0) is 24.8. The van der Waals surface area contributed by atoms with Crippen molar-refractivity contribution in [3.63, 3.8) is 0 Å². The zero-order valence-electron chi connectivity index (χ0n) is 20.3. The number of carbonyl (C=O) groups excluding carboxylic acids is 1. The molecule has 1 amide bonds. The van der Waals surface area contributed by atoms with Gasteiger partial charge in [0.25, 0.3) is 15.9 Å². The molecule has 0 unspecified atom stereocenters. The number of anilines is 2. The lowest BCUT2D eigenvalue weighted by Crippen LogP contribution is -2.40. The summed E-state index contributed by atoms with van der Waals surface area (Å²) in [5.41, 5.74) is 1.50. The normalized spacial score (nSPS) is 18.9. The molecule has 0 radical (unpaired) electrons. The summed E-state index contributed by atoms with van der Waals surface area (Å²) < 4.78 is 39.7. The number of nitrogens with one attached hydrogen (secondary N) is 2. The number of ether oxygens (including phenoxy) is 2. The second-order valence-electron chi connectivity index (χ2n) is 8.75. The van der Waals surface area contributed by atoms with Crippen molar-refractivity contribution < 1.29 is 22.7 Å². The molecule has 0 aromatic heterocycles. The van der Waals surface area contributed by atoms with Crippen LogP contribution in [0.25, 0.3) is 0 Å². The van der Waals surface area contributed by atoms with Crippen molar-refractivity contribution >= 4 is 27.3 Å². The zero-order valence-corrected chi connectivity index (χ0v) is 21.1. The Morgan fingerprint density at radius 1 is 1.11 bits per heavy atom. The number of amides is 1. The Bertz CT molecular complexity index is 1120. The van der Waals surface area contributed by atoms with Gasteiger partial charge in [0.15, 0.2) is 0 Å². The third-order valence-electron chi connectivity index (χ3n) is 6.63. The number of sulfonamides is 1. The van der Waals surface area contributed by atoms with E-state index < -0.39 is 10.0 Å². The lowest BCUT2D eigenvalue weighted by Gasteiger charge is -2.31. The van der Waals surface area contributed by atoms with Gasteiger partial charge in [-0.05, 0) is 68.4 Å². The lowest BCUT2D eigenvalue weighted by molar-refractivity contribution is 0.0941. The predicted molar refractivity (Wildman–Crippen MR) is 136 cm³/mol. The summed E-state index contributed by atoms with van der Waals surface area (Å²) in [5.74, 6) is 0.354. The van der Waals surface area contributed by atoms with Crippen molar-refractivity contribution in [2.45, 2.75) is 30.7 Å². The van der Waals surface area contributed by atoms with Crippen LogP contribution in [0.1, 0.15) is 30.1 Å². The van der Waals surface area contributed by atoms with Gasteiger partial charge in [0.1, 0.15) is 5.75 Å². The minimum absolute atomic E-state index is 0.113. The van der Waals surface area contributed by atoms with E-state index in [1.165, 1.54) is 19.2 Å². The number of methoxy groups -OCH3 is 1. The van der Waals surface area contributed by atoms with Gasteiger partial charge < -0.3 is 19.7 Å². The van der Waals surface area contributed by atoms with Crippen LogP contribution in [0.4, 0.5) is 11.4 Å². The van der Waals surface area contributed by atoms with E-state index in [1.54, 1.807) is 30.3 Å². The van der Waals surface area contributed by atoms with Gasteiger partial charge >= 0.3 is 0 Å². The van der Waals surface area contributed by atoms with Crippen LogP contribution in [-0.2, 0) is 14.8 Å². The summed E-state index contributed by atoms with van der Waals surface area (Å²) in [6.45, 7) is 7.12. The maximum atomic E-state index is 13.2. The molecule has 2 aliphatic rings. The topological polar surface area (TPSA) is 100 Å². The third kappa shape index (κ3) is 6.06.